The number of rotatable bonds is 2. The first-order valence-electron chi connectivity index (χ1n) is 5.90. The zero-order chi connectivity index (χ0) is 13.4. The zero-order valence-electron chi connectivity index (χ0n) is 10.3. The number of ketones is 1. The summed E-state index contributed by atoms with van der Waals surface area (Å²) in [5.41, 5.74) is 2.14. The van der Waals surface area contributed by atoms with Crippen molar-refractivity contribution in [3.63, 3.8) is 0 Å². The Bertz CT molecular complexity index is 777. The van der Waals surface area contributed by atoms with Crippen LogP contribution >= 0.6 is 0 Å². The van der Waals surface area contributed by atoms with Gasteiger partial charge in [-0.3, -0.25) is 9.36 Å². The van der Waals surface area contributed by atoms with Crippen molar-refractivity contribution in [3.8, 4) is 5.69 Å². The molecule has 0 atom stereocenters. The van der Waals surface area contributed by atoms with E-state index in [2.05, 4.69) is 4.98 Å². The van der Waals surface area contributed by atoms with Crippen LogP contribution in [0.25, 0.3) is 16.7 Å². The van der Waals surface area contributed by atoms with Gasteiger partial charge in [0.2, 0.25) is 0 Å². The fraction of sp³-hybridized carbons (Fsp3) is 0.0667. The van der Waals surface area contributed by atoms with Crippen LogP contribution in [0.1, 0.15) is 17.3 Å². The van der Waals surface area contributed by atoms with E-state index in [9.17, 15) is 9.18 Å². The second-order valence-electron chi connectivity index (χ2n) is 4.30. The molecule has 0 saturated heterocycles. The van der Waals surface area contributed by atoms with Crippen LogP contribution in [0.2, 0.25) is 0 Å². The maximum absolute atomic E-state index is 14.1. The quantitative estimate of drug-likeness (QED) is 0.657. The molecule has 0 saturated carbocycles. The number of imidazole rings is 1. The molecule has 2 aromatic carbocycles. The summed E-state index contributed by atoms with van der Waals surface area (Å²) < 4.78 is 15.7. The largest absolute Gasteiger partial charge is 0.295 e. The number of fused-ring (bicyclic) bond motifs is 1. The Morgan fingerprint density at radius 2 is 1.95 bits per heavy atom. The first-order chi connectivity index (χ1) is 9.18. The van der Waals surface area contributed by atoms with E-state index in [1.165, 1.54) is 25.4 Å². The van der Waals surface area contributed by atoms with Crippen LogP contribution in [0.3, 0.4) is 0 Å². The van der Waals surface area contributed by atoms with E-state index in [0.717, 1.165) is 11.0 Å². The monoisotopic (exact) mass is 254 g/mol. The Morgan fingerprint density at radius 1 is 1.16 bits per heavy atom. The van der Waals surface area contributed by atoms with Gasteiger partial charge < -0.3 is 0 Å². The van der Waals surface area contributed by atoms with Crippen LogP contribution < -0.4 is 0 Å². The number of hydrogen-bond acceptors (Lipinski definition) is 2. The summed E-state index contributed by atoms with van der Waals surface area (Å²) >= 11 is 0. The Hall–Kier alpha value is -2.49. The summed E-state index contributed by atoms with van der Waals surface area (Å²) in [5.74, 6) is -0.608. The van der Waals surface area contributed by atoms with Gasteiger partial charge in [-0.1, -0.05) is 18.2 Å². The molecule has 0 bridgehead atoms. The molecule has 0 aliphatic rings. The lowest BCUT2D eigenvalue weighted by Crippen LogP contribution is -2.05. The van der Waals surface area contributed by atoms with Crippen LogP contribution in [0.5, 0.6) is 0 Å². The van der Waals surface area contributed by atoms with Crippen LogP contribution in [0.15, 0.2) is 48.8 Å². The highest BCUT2D eigenvalue weighted by Crippen LogP contribution is 2.24. The van der Waals surface area contributed by atoms with E-state index in [1.807, 2.05) is 24.3 Å². The molecule has 3 nitrogen and oxygen atoms in total. The molecule has 94 valence electrons. The highest BCUT2D eigenvalue weighted by atomic mass is 19.1. The first-order valence-corrected chi connectivity index (χ1v) is 5.90. The number of nitrogens with zero attached hydrogens (tertiary/aromatic N) is 2. The van der Waals surface area contributed by atoms with Crippen molar-refractivity contribution in [3.05, 3.63) is 60.2 Å². The standard InChI is InChI=1S/C15H11FN2O/c1-10(19)11-5-4-6-12(16)15(11)18-9-17-13-7-2-3-8-14(13)18/h2-9H,1H3. The molecule has 0 fully saturated rings. The molecule has 0 aliphatic carbocycles. The molecule has 3 rings (SSSR count). The smallest absolute Gasteiger partial charge is 0.162 e. The van der Waals surface area contributed by atoms with Gasteiger partial charge in [0, 0.05) is 5.56 Å². The molecule has 0 aliphatic heterocycles. The molecular formula is C15H11FN2O. The van der Waals surface area contributed by atoms with Crippen LogP contribution in [0.4, 0.5) is 4.39 Å². The SMILES string of the molecule is CC(=O)c1cccc(F)c1-n1cnc2ccccc21. The third-order valence-electron chi connectivity index (χ3n) is 3.06. The number of carbonyl (C=O) groups excluding carboxylic acids is 1. The summed E-state index contributed by atoms with van der Waals surface area (Å²) in [6, 6.07) is 11.9. The van der Waals surface area contributed by atoms with E-state index in [-0.39, 0.29) is 11.5 Å². The van der Waals surface area contributed by atoms with Gasteiger partial charge in [-0.2, -0.15) is 0 Å². The Labute approximate surface area is 109 Å². The molecule has 0 amide bonds. The van der Waals surface area contributed by atoms with Gasteiger partial charge in [0.25, 0.3) is 0 Å². The van der Waals surface area contributed by atoms with Gasteiger partial charge in [-0.25, -0.2) is 9.37 Å². The Kier molecular flexibility index (Phi) is 2.63. The average molecular weight is 254 g/mol. The van der Waals surface area contributed by atoms with Crippen molar-refractivity contribution < 1.29 is 9.18 Å². The molecule has 0 spiro atoms. The van der Waals surface area contributed by atoms with Crippen molar-refractivity contribution in [2.45, 2.75) is 6.92 Å². The van der Waals surface area contributed by atoms with E-state index in [0.29, 0.717) is 5.56 Å². The van der Waals surface area contributed by atoms with E-state index in [4.69, 9.17) is 0 Å². The van der Waals surface area contributed by atoms with Gasteiger partial charge in [-0.15, -0.1) is 0 Å². The molecule has 3 aromatic rings. The van der Waals surface area contributed by atoms with Crippen molar-refractivity contribution in [2.75, 3.05) is 0 Å². The molecule has 1 aromatic heterocycles. The highest BCUT2D eigenvalue weighted by Gasteiger charge is 2.15. The molecule has 0 radical (unpaired) electrons. The fourth-order valence-corrected chi connectivity index (χ4v) is 2.18. The number of para-hydroxylation sites is 3. The fourth-order valence-electron chi connectivity index (χ4n) is 2.18. The van der Waals surface area contributed by atoms with Crippen LogP contribution in [-0.2, 0) is 0 Å². The highest BCUT2D eigenvalue weighted by molar-refractivity contribution is 5.98. The second kappa shape index (κ2) is 4.31. The molecule has 19 heavy (non-hydrogen) atoms. The maximum Gasteiger partial charge on any atom is 0.162 e. The lowest BCUT2D eigenvalue weighted by atomic mass is 10.1. The van der Waals surface area contributed by atoms with Crippen molar-refractivity contribution in [1.29, 1.82) is 0 Å². The lowest BCUT2D eigenvalue weighted by molar-refractivity contribution is 0.101. The number of aromatic nitrogens is 2. The summed E-state index contributed by atoms with van der Waals surface area (Å²) in [4.78, 5) is 15.9. The minimum absolute atomic E-state index is 0.174. The Morgan fingerprint density at radius 3 is 2.74 bits per heavy atom. The first kappa shape index (κ1) is 11.6. The van der Waals surface area contributed by atoms with Gasteiger partial charge in [0.05, 0.1) is 16.7 Å². The molecule has 4 heteroatoms. The number of benzene rings is 2. The minimum atomic E-state index is -0.434. The van der Waals surface area contributed by atoms with E-state index >= 15 is 0 Å². The lowest BCUT2D eigenvalue weighted by Gasteiger charge is -2.10. The van der Waals surface area contributed by atoms with Crippen molar-refractivity contribution in [2.24, 2.45) is 0 Å². The van der Waals surface area contributed by atoms with E-state index < -0.39 is 5.82 Å². The van der Waals surface area contributed by atoms with Crippen molar-refractivity contribution in [1.82, 2.24) is 9.55 Å². The second-order valence-corrected chi connectivity index (χ2v) is 4.30. The number of Topliss-reactive ketones (excluding diaryl/α,β-unsaturated/α-hetero) is 1. The van der Waals surface area contributed by atoms with Gasteiger partial charge in [0.15, 0.2) is 5.78 Å². The maximum atomic E-state index is 14.1. The van der Waals surface area contributed by atoms with Gasteiger partial charge in [0.1, 0.15) is 12.1 Å². The Balaban J connectivity index is 2.36. The minimum Gasteiger partial charge on any atom is -0.295 e. The summed E-state index contributed by atoms with van der Waals surface area (Å²) in [7, 11) is 0. The summed E-state index contributed by atoms with van der Waals surface area (Å²) in [6.07, 6.45) is 1.54. The van der Waals surface area contributed by atoms with E-state index in [1.54, 1.807) is 10.6 Å². The normalized spacial score (nSPS) is 10.8. The molecule has 0 unspecified atom stereocenters. The number of hydrogen-bond donors (Lipinski definition) is 0. The van der Waals surface area contributed by atoms with Crippen molar-refractivity contribution >= 4 is 16.8 Å². The molecule has 1 heterocycles. The number of carbonyl (C=O) groups is 1. The average Bonchev–Trinajstić information content (AvgIpc) is 2.82. The number of halogens is 1. The summed E-state index contributed by atoms with van der Waals surface area (Å²) in [6.45, 7) is 1.43. The van der Waals surface area contributed by atoms with Gasteiger partial charge >= 0.3 is 0 Å². The predicted octanol–water partition coefficient (Wildman–Crippen LogP) is 3.37. The predicted molar refractivity (Wildman–Crippen MR) is 71.0 cm³/mol. The third kappa shape index (κ3) is 1.81. The molecular weight excluding hydrogens is 243 g/mol. The summed E-state index contributed by atoms with van der Waals surface area (Å²) in [5, 5.41) is 0. The zero-order valence-corrected chi connectivity index (χ0v) is 10.3. The van der Waals surface area contributed by atoms with Crippen LogP contribution in [0, 0.1) is 5.82 Å². The van der Waals surface area contributed by atoms with Gasteiger partial charge in [-0.05, 0) is 31.2 Å². The third-order valence-corrected chi connectivity index (χ3v) is 3.06. The van der Waals surface area contributed by atoms with Crippen LogP contribution in [-0.4, -0.2) is 15.3 Å². The molecule has 0 N–H and O–H groups in total. The topological polar surface area (TPSA) is 34.9 Å².